The van der Waals surface area contributed by atoms with Crippen LogP contribution in [-0.2, 0) is 4.79 Å². The van der Waals surface area contributed by atoms with Gasteiger partial charge in [0.25, 0.3) is 0 Å². The second-order valence-corrected chi connectivity index (χ2v) is 6.53. The molecule has 0 atom stereocenters. The molecule has 30 heavy (non-hydrogen) atoms. The summed E-state index contributed by atoms with van der Waals surface area (Å²) in [5.74, 6) is 1.12. The van der Waals surface area contributed by atoms with Gasteiger partial charge in [0.2, 0.25) is 6.41 Å². The molecule has 1 amide bonds. The van der Waals surface area contributed by atoms with Gasteiger partial charge in [0, 0.05) is 23.8 Å². The van der Waals surface area contributed by atoms with Crippen molar-refractivity contribution in [1.82, 2.24) is 9.97 Å². The standard InChI is InChI=1S/C23H17N5O2/c1-16-8-10-26-23-7-4-19(13-22(16)23)28(15-29)27-17-2-5-20(6-3-17)30-21-9-11-25-18(12-21)14-24/h2-13,15,27H,1H3. The first-order chi connectivity index (χ1) is 14.7. The lowest BCUT2D eigenvalue weighted by atomic mass is 10.1. The number of aryl methyl sites for hydroxylation is 1. The van der Waals surface area contributed by atoms with Crippen molar-refractivity contribution in [3.63, 3.8) is 0 Å². The quantitative estimate of drug-likeness (QED) is 0.379. The van der Waals surface area contributed by atoms with Gasteiger partial charge in [0.1, 0.15) is 23.3 Å². The van der Waals surface area contributed by atoms with Crippen LogP contribution in [0.4, 0.5) is 11.4 Å². The minimum Gasteiger partial charge on any atom is -0.457 e. The number of carbonyl (C=O) groups is 1. The van der Waals surface area contributed by atoms with Gasteiger partial charge >= 0.3 is 0 Å². The van der Waals surface area contributed by atoms with Crippen molar-refractivity contribution in [3.05, 3.63) is 84.3 Å². The van der Waals surface area contributed by atoms with Gasteiger partial charge in [-0.1, -0.05) is 0 Å². The zero-order chi connectivity index (χ0) is 20.9. The third kappa shape index (κ3) is 4.03. The molecule has 0 aliphatic rings. The van der Waals surface area contributed by atoms with Crippen LogP contribution in [0.15, 0.2) is 73.1 Å². The number of pyridine rings is 2. The van der Waals surface area contributed by atoms with Gasteiger partial charge in [0.15, 0.2) is 0 Å². The first-order valence-corrected chi connectivity index (χ1v) is 9.17. The van der Waals surface area contributed by atoms with Crippen molar-refractivity contribution < 1.29 is 9.53 Å². The van der Waals surface area contributed by atoms with Gasteiger partial charge in [-0.15, -0.1) is 0 Å². The summed E-state index contributed by atoms with van der Waals surface area (Å²) >= 11 is 0. The van der Waals surface area contributed by atoms with E-state index in [1.807, 2.05) is 37.3 Å². The number of hydrazine groups is 1. The summed E-state index contributed by atoms with van der Waals surface area (Å²) in [5, 5.41) is 11.3. The largest absolute Gasteiger partial charge is 0.457 e. The third-order valence-electron chi connectivity index (χ3n) is 4.51. The van der Waals surface area contributed by atoms with Crippen molar-refractivity contribution in [2.45, 2.75) is 6.92 Å². The summed E-state index contributed by atoms with van der Waals surface area (Å²) in [6.07, 6.45) is 4.01. The second-order valence-electron chi connectivity index (χ2n) is 6.53. The first-order valence-electron chi connectivity index (χ1n) is 9.17. The maximum Gasteiger partial charge on any atom is 0.232 e. The van der Waals surface area contributed by atoms with E-state index in [0.29, 0.717) is 22.9 Å². The molecule has 0 unspecified atom stereocenters. The van der Waals surface area contributed by atoms with E-state index in [2.05, 4.69) is 15.4 Å². The average molecular weight is 395 g/mol. The fourth-order valence-electron chi connectivity index (χ4n) is 2.98. The Hall–Kier alpha value is -4.44. The molecule has 4 rings (SSSR count). The van der Waals surface area contributed by atoms with E-state index in [1.54, 1.807) is 42.6 Å². The average Bonchev–Trinajstić information content (AvgIpc) is 2.79. The molecular weight excluding hydrogens is 378 g/mol. The van der Waals surface area contributed by atoms with Crippen LogP contribution in [0.1, 0.15) is 11.3 Å². The smallest absolute Gasteiger partial charge is 0.232 e. The van der Waals surface area contributed by atoms with Crippen LogP contribution in [0.25, 0.3) is 10.9 Å². The Morgan fingerprint density at radius 1 is 1.00 bits per heavy atom. The van der Waals surface area contributed by atoms with Crippen LogP contribution in [0.2, 0.25) is 0 Å². The molecule has 2 heterocycles. The lowest BCUT2D eigenvalue weighted by molar-refractivity contribution is -0.107. The summed E-state index contributed by atoms with van der Waals surface area (Å²) in [4.78, 5) is 19.9. The van der Waals surface area contributed by atoms with Gasteiger partial charge in [-0.25, -0.2) is 9.99 Å². The Bertz CT molecular complexity index is 1250. The highest BCUT2D eigenvalue weighted by molar-refractivity contribution is 5.89. The summed E-state index contributed by atoms with van der Waals surface area (Å²) in [7, 11) is 0. The molecule has 0 saturated heterocycles. The molecular formula is C23H17N5O2. The van der Waals surface area contributed by atoms with Crippen LogP contribution >= 0.6 is 0 Å². The van der Waals surface area contributed by atoms with E-state index in [-0.39, 0.29) is 5.69 Å². The Morgan fingerprint density at radius 2 is 1.80 bits per heavy atom. The van der Waals surface area contributed by atoms with Crippen molar-refractivity contribution >= 4 is 28.7 Å². The van der Waals surface area contributed by atoms with Crippen LogP contribution in [-0.4, -0.2) is 16.4 Å². The summed E-state index contributed by atoms with van der Waals surface area (Å²) in [6, 6.07) is 19.9. The molecule has 0 radical (unpaired) electrons. The molecule has 7 heteroatoms. The number of hydrogen-bond acceptors (Lipinski definition) is 6. The van der Waals surface area contributed by atoms with Crippen molar-refractivity contribution in [1.29, 1.82) is 5.26 Å². The molecule has 2 aromatic heterocycles. The highest BCUT2D eigenvalue weighted by Gasteiger charge is 2.08. The van der Waals surface area contributed by atoms with E-state index in [1.165, 1.54) is 11.2 Å². The second kappa shape index (κ2) is 8.29. The number of nitrogens with one attached hydrogen (secondary N) is 1. The first kappa shape index (κ1) is 18.9. The third-order valence-corrected chi connectivity index (χ3v) is 4.51. The van der Waals surface area contributed by atoms with Crippen LogP contribution in [0.5, 0.6) is 11.5 Å². The maximum absolute atomic E-state index is 11.7. The fourth-order valence-corrected chi connectivity index (χ4v) is 2.98. The number of amides is 1. The number of carbonyl (C=O) groups excluding carboxylic acids is 1. The van der Waals surface area contributed by atoms with E-state index in [9.17, 15) is 4.79 Å². The lowest BCUT2D eigenvalue weighted by Gasteiger charge is -2.20. The van der Waals surface area contributed by atoms with Crippen LogP contribution < -0.4 is 15.2 Å². The maximum atomic E-state index is 11.7. The number of fused-ring (bicyclic) bond motifs is 1. The molecule has 0 spiro atoms. The SMILES string of the molecule is Cc1ccnc2ccc(N(C=O)Nc3ccc(Oc4ccnc(C#N)c4)cc3)cc12. The number of rotatable bonds is 6. The topological polar surface area (TPSA) is 91.1 Å². The number of anilines is 2. The predicted octanol–water partition coefficient (Wildman–Crippen LogP) is 4.59. The van der Waals surface area contributed by atoms with Crippen LogP contribution in [0, 0.1) is 18.3 Å². The Morgan fingerprint density at radius 3 is 2.57 bits per heavy atom. The van der Waals surface area contributed by atoms with Crippen LogP contribution in [0.3, 0.4) is 0 Å². The summed E-state index contributed by atoms with van der Waals surface area (Å²) in [6.45, 7) is 2.01. The highest BCUT2D eigenvalue weighted by Crippen LogP contribution is 2.26. The zero-order valence-corrected chi connectivity index (χ0v) is 16.1. The molecule has 4 aromatic rings. The van der Waals surface area contributed by atoms with Crippen molar-refractivity contribution in [2.75, 3.05) is 10.4 Å². The molecule has 2 aromatic carbocycles. The number of ether oxygens (including phenoxy) is 1. The monoisotopic (exact) mass is 395 g/mol. The van der Waals surface area contributed by atoms with E-state index < -0.39 is 0 Å². The lowest BCUT2D eigenvalue weighted by Crippen LogP contribution is -2.27. The molecule has 0 aliphatic carbocycles. The van der Waals surface area contributed by atoms with Crippen molar-refractivity contribution in [3.8, 4) is 17.6 Å². The number of nitriles is 1. The zero-order valence-electron chi connectivity index (χ0n) is 16.1. The van der Waals surface area contributed by atoms with Crippen molar-refractivity contribution in [2.24, 2.45) is 0 Å². The fraction of sp³-hybridized carbons (Fsp3) is 0.0435. The summed E-state index contributed by atoms with van der Waals surface area (Å²) in [5.41, 5.74) is 6.74. The molecule has 146 valence electrons. The number of aromatic nitrogens is 2. The van der Waals surface area contributed by atoms with E-state index >= 15 is 0 Å². The van der Waals surface area contributed by atoms with E-state index in [4.69, 9.17) is 10.00 Å². The molecule has 7 nitrogen and oxygen atoms in total. The Balaban J connectivity index is 1.51. The molecule has 0 bridgehead atoms. The van der Waals surface area contributed by atoms with E-state index in [0.717, 1.165) is 22.9 Å². The Labute approximate surface area is 173 Å². The number of nitrogens with zero attached hydrogens (tertiary/aromatic N) is 4. The molecule has 0 aliphatic heterocycles. The van der Waals surface area contributed by atoms with Gasteiger partial charge in [-0.2, -0.15) is 5.26 Å². The normalized spacial score (nSPS) is 10.3. The predicted molar refractivity (Wildman–Crippen MR) is 114 cm³/mol. The highest BCUT2D eigenvalue weighted by atomic mass is 16.5. The number of hydrogen-bond donors (Lipinski definition) is 1. The number of benzene rings is 2. The van der Waals surface area contributed by atoms with Gasteiger partial charge in [-0.05, 0) is 67.1 Å². The van der Waals surface area contributed by atoms with Gasteiger partial charge < -0.3 is 4.74 Å². The Kier molecular flexibility index (Phi) is 5.22. The van der Waals surface area contributed by atoms with Gasteiger partial charge in [0.05, 0.1) is 16.9 Å². The minimum atomic E-state index is 0.285. The molecule has 0 fully saturated rings. The molecule has 0 saturated carbocycles. The summed E-state index contributed by atoms with van der Waals surface area (Å²) < 4.78 is 5.74. The van der Waals surface area contributed by atoms with Gasteiger partial charge in [-0.3, -0.25) is 15.2 Å². The molecule has 1 N–H and O–H groups in total. The minimum absolute atomic E-state index is 0.285.